The number of rotatable bonds is 37. The van der Waals surface area contributed by atoms with Gasteiger partial charge in [0.15, 0.2) is 0 Å². The lowest BCUT2D eigenvalue weighted by molar-refractivity contribution is -0.141. The summed E-state index contributed by atoms with van der Waals surface area (Å²) in [4.78, 5) is 66.2. The quantitative estimate of drug-likeness (QED) is 0.00691. The summed E-state index contributed by atoms with van der Waals surface area (Å²) in [5.74, 6) is 2.02. The molecule has 0 bridgehead atoms. The summed E-state index contributed by atoms with van der Waals surface area (Å²) in [6.45, 7) is 17.3. The van der Waals surface area contributed by atoms with Gasteiger partial charge < -0.3 is 42.6 Å². The number of benzene rings is 4. The van der Waals surface area contributed by atoms with Gasteiger partial charge in [-0.1, -0.05) is 43.2 Å². The summed E-state index contributed by atoms with van der Waals surface area (Å²) in [5, 5.41) is 7.75. The van der Waals surface area contributed by atoms with Crippen molar-refractivity contribution in [2.45, 2.75) is 135 Å². The van der Waals surface area contributed by atoms with E-state index in [1.165, 1.54) is 12.2 Å². The molecule has 466 valence electrons. The molecule has 5 aromatic rings. The summed E-state index contributed by atoms with van der Waals surface area (Å²) in [6, 6.07) is 27.9. The summed E-state index contributed by atoms with van der Waals surface area (Å²) in [7, 11) is 0. The number of fused-ring (bicyclic) bond motifs is 1. The van der Waals surface area contributed by atoms with Crippen LogP contribution in [0.25, 0.3) is 10.2 Å². The van der Waals surface area contributed by atoms with Gasteiger partial charge in [0.2, 0.25) is 5.13 Å². The molecule has 0 spiro atoms. The normalized spacial score (nSPS) is 16.9. The first-order valence-electron chi connectivity index (χ1n) is 30.7. The van der Waals surface area contributed by atoms with Crippen LogP contribution in [0.4, 0.5) is 5.13 Å². The lowest BCUT2D eigenvalue weighted by Crippen LogP contribution is -2.28. The van der Waals surface area contributed by atoms with Crippen molar-refractivity contribution in [1.29, 1.82) is 0 Å². The third-order valence-electron chi connectivity index (χ3n) is 15.4. The fourth-order valence-corrected chi connectivity index (χ4v) is 11.2. The van der Waals surface area contributed by atoms with Crippen LogP contribution in [0, 0.1) is 23.7 Å². The SMILES string of the molecule is C=CC(=O)OCCCCCCOc1ccc(OC(=O)C2CCC(COc3ccc(OCC4CCC(C(=O)Oc5ccc(OCCCCCCOC(=O)C=C)cc5)CC4)c(/C=N/N(c4nc5ccccc5s4)C(C)CCCOC(=O)C(=C)C)c3)CC2)cc1. The van der Waals surface area contributed by atoms with E-state index in [1.54, 1.807) is 48.7 Å². The van der Waals surface area contributed by atoms with E-state index < -0.39 is 17.9 Å². The number of anilines is 1. The molecule has 0 saturated heterocycles. The Labute approximate surface area is 516 Å². The number of ether oxygens (including phenoxy) is 9. The maximum absolute atomic E-state index is 13.4. The molecular formula is C69H85N3O14S. The lowest BCUT2D eigenvalue weighted by atomic mass is 9.82. The molecule has 0 radical (unpaired) electrons. The molecule has 2 fully saturated rings. The molecule has 87 heavy (non-hydrogen) atoms. The lowest BCUT2D eigenvalue weighted by Gasteiger charge is -2.28. The summed E-state index contributed by atoms with van der Waals surface area (Å²) in [6.07, 6.45) is 18.5. The van der Waals surface area contributed by atoms with E-state index in [-0.39, 0.29) is 48.3 Å². The minimum Gasteiger partial charge on any atom is -0.494 e. The largest absolute Gasteiger partial charge is 0.494 e. The molecule has 0 amide bonds. The molecule has 1 heterocycles. The first kappa shape index (κ1) is 66.5. The Bertz CT molecular complexity index is 3000. The zero-order chi connectivity index (χ0) is 61.6. The molecule has 2 saturated carbocycles. The van der Waals surface area contributed by atoms with Crippen LogP contribution in [0.3, 0.4) is 0 Å². The summed E-state index contributed by atoms with van der Waals surface area (Å²) >= 11 is 1.55. The van der Waals surface area contributed by atoms with Crippen molar-refractivity contribution in [3.05, 3.63) is 134 Å². The van der Waals surface area contributed by atoms with Crippen molar-refractivity contribution in [3.63, 3.8) is 0 Å². The molecule has 1 atom stereocenters. The number of thiazole rings is 1. The smallest absolute Gasteiger partial charge is 0.333 e. The van der Waals surface area contributed by atoms with Crippen LogP contribution >= 0.6 is 11.3 Å². The Balaban J connectivity index is 0.915. The molecule has 4 aromatic carbocycles. The van der Waals surface area contributed by atoms with Gasteiger partial charge in [-0.05, 0) is 220 Å². The highest BCUT2D eigenvalue weighted by atomic mass is 32.1. The number of para-hydroxylation sites is 1. The highest BCUT2D eigenvalue weighted by Gasteiger charge is 2.30. The average Bonchev–Trinajstić information content (AvgIpc) is 2.60. The minimum atomic E-state index is -0.414. The van der Waals surface area contributed by atoms with Crippen LogP contribution in [0.2, 0.25) is 0 Å². The number of hydrazone groups is 1. The maximum Gasteiger partial charge on any atom is 0.333 e. The van der Waals surface area contributed by atoms with Gasteiger partial charge in [0.05, 0.1) is 80.6 Å². The van der Waals surface area contributed by atoms with Crippen LogP contribution < -0.4 is 33.4 Å². The molecule has 2 aliphatic rings. The predicted molar refractivity (Wildman–Crippen MR) is 337 cm³/mol. The van der Waals surface area contributed by atoms with E-state index in [1.807, 2.05) is 71.7 Å². The van der Waals surface area contributed by atoms with Gasteiger partial charge in [0.1, 0.15) is 34.5 Å². The Morgan fingerprint density at radius 2 is 1.07 bits per heavy atom. The Kier molecular flexibility index (Phi) is 27.7. The Morgan fingerprint density at radius 1 is 0.586 bits per heavy atom. The molecule has 17 nitrogen and oxygen atoms in total. The molecule has 2 aliphatic carbocycles. The summed E-state index contributed by atoms with van der Waals surface area (Å²) in [5.41, 5.74) is 1.95. The van der Waals surface area contributed by atoms with E-state index in [0.717, 1.165) is 98.0 Å². The second-order valence-corrected chi connectivity index (χ2v) is 23.3. The first-order chi connectivity index (χ1) is 42.3. The number of carbonyl (C=O) groups is 5. The third-order valence-corrected chi connectivity index (χ3v) is 16.4. The van der Waals surface area contributed by atoms with Crippen LogP contribution in [0.5, 0.6) is 34.5 Å². The first-order valence-corrected chi connectivity index (χ1v) is 31.5. The molecule has 0 aliphatic heterocycles. The molecule has 1 unspecified atom stereocenters. The highest BCUT2D eigenvalue weighted by Crippen LogP contribution is 2.36. The van der Waals surface area contributed by atoms with Crippen molar-refractivity contribution in [2.24, 2.45) is 28.8 Å². The third kappa shape index (κ3) is 23.0. The van der Waals surface area contributed by atoms with E-state index in [4.69, 9.17) is 52.7 Å². The van der Waals surface area contributed by atoms with Crippen LogP contribution in [0.15, 0.2) is 134 Å². The van der Waals surface area contributed by atoms with Crippen molar-refractivity contribution in [3.8, 4) is 34.5 Å². The maximum atomic E-state index is 13.4. The monoisotopic (exact) mass is 1210 g/mol. The van der Waals surface area contributed by atoms with Gasteiger partial charge >= 0.3 is 29.8 Å². The average molecular weight is 1210 g/mol. The fourth-order valence-electron chi connectivity index (χ4n) is 10.2. The van der Waals surface area contributed by atoms with Gasteiger partial charge in [-0.2, -0.15) is 5.10 Å². The Morgan fingerprint density at radius 3 is 1.59 bits per heavy atom. The zero-order valence-corrected chi connectivity index (χ0v) is 51.4. The highest BCUT2D eigenvalue weighted by molar-refractivity contribution is 7.22. The van der Waals surface area contributed by atoms with E-state index in [9.17, 15) is 24.0 Å². The van der Waals surface area contributed by atoms with Gasteiger partial charge in [0, 0.05) is 23.3 Å². The number of hydrogen-bond donors (Lipinski definition) is 0. The number of unbranched alkanes of at least 4 members (excludes halogenated alkanes) is 6. The second kappa shape index (κ2) is 36.2. The van der Waals surface area contributed by atoms with E-state index in [0.29, 0.717) is 118 Å². The van der Waals surface area contributed by atoms with Crippen molar-refractivity contribution < 1.29 is 66.6 Å². The summed E-state index contributed by atoms with van der Waals surface area (Å²) < 4.78 is 53.0. The van der Waals surface area contributed by atoms with Gasteiger partial charge in [-0.15, -0.1) is 0 Å². The van der Waals surface area contributed by atoms with E-state index >= 15 is 0 Å². The van der Waals surface area contributed by atoms with Crippen LogP contribution in [0.1, 0.15) is 135 Å². The van der Waals surface area contributed by atoms with Gasteiger partial charge in [-0.3, -0.25) is 9.59 Å². The molecule has 18 heteroatoms. The molecule has 0 N–H and O–H groups in total. The van der Waals surface area contributed by atoms with Crippen LogP contribution in [-0.2, 0) is 38.2 Å². The van der Waals surface area contributed by atoms with Gasteiger partial charge in [0.25, 0.3) is 0 Å². The fraction of sp³-hybridized carbons (Fsp3) is 0.464. The van der Waals surface area contributed by atoms with Crippen molar-refractivity contribution in [1.82, 2.24) is 4.98 Å². The number of aromatic nitrogens is 1. The minimum absolute atomic E-state index is 0.125. The van der Waals surface area contributed by atoms with Crippen molar-refractivity contribution in [2.75, 3.05) is 51.3 Å². The molecule has 1 aromatic heterocycles. The molecule has 7 rings (SSSR count). The second-order valence-electron chi connectivity index (χ2n) is 22.3. The van der Waals surface area contributed by atoms with Crippen LogP contribution in [-0.4, -0.2) is 93.3 Å². The standard InChI is InChI=1S/C69H85N3O14S/c1-6-64(73)80-42-16-10-8-14-40-78-56-30-34-58(35-31-56)85-67(76)53-26-22-51(23-27-53)47-83-60-38-39-62(55(45-60)46-70-72(50(5)19-18-44-82-66(75)49(3)4)69-71-61-20-12-13-21-63(61)87-69)84-48-52-24-28-54(29-25-52)68(77)86-59-36-32-57(33-37-59)79-41-15-9-11-17-43-81-65(74)7-2/h6-7,12-13,20-21,30-39,45-46,50-54H,1-3,8-11,14-19,22-29,40-44,47-48H2,4-5H3/b70-46+. The van der Waals surface area contributed by atoms with E-state index in [2.05, 4.69) is 26.7 Å². The van der Waals surface area contributed by atoms with Crippen molar-refractivity contribution >= 4 is 62.7 Å². The predicted octanol–water partition coefficient (Wildman–Crippen LogP) is 14.3. The number of hydrogen-bond acceptors (Lipinski definition) is 18. The molecular weight excluding hydrogens is 1130 g/mol. The number of carbonyl (C=O) groups excluding carboxylic acids is 5. The van der Waals surface area contributed by atoms with Gasteiger partial charge in [-0.25, -0.2) is 24.4 Å². The topological polar surface area (TPSA) is 197 Å². The number of nitrogens with zero attached hydrogens (tertiary/aromatic N) is 3. The Hall–Kier alpha value is -7.99. The zero-order valence-electron chi connectivity index (χ0n) is 50.5. The number of esters is 5.